The topological polar surface area (TPSA) is 46.3 Å². The number of nitrogens with zero attached hydrogens (tertiary/aromatic N) is 1. The first-order valence-electron chi connectivity index (χ1n) is 5.82. The van der Waals surface area contributed by atoms with Crippen molar-refractivity contribution in [3.05, 3.63) is 29.8 Å². The van der Waals surface area contributed by atoms with Gasteiger partial charge in [0.15, 0.2) is 0 Å². The Morgan fingerprint density at radius 3 is 2.88 bits per heavy atom. The standard InChI is InChI=1S/C13H18N2O.ClH/c1-10(14)6-7-13(16)15-9-8-11-4-2-3-5-12(11)15;/h2-5,10H,6-9,14H2,1H3;1H. The first kappa shape index (κ1) is 14.0. The van der Waals surface area contributed by atoms with Crippen molar-refractivity contribution < 1.29 is 4.79 Å². The van der Waals surface area contributed by atoms with Gasteiger partial charge in [-0.15, -0.1) is 12.4 Å². The normalized spacial score (nSPS) is 15.1. The van der Waals surface area contributed by atoms with Crippen LogP contribution in [-0.2, 0) is 11.2 Å². The Kier molecular flexibility index (Phi) is 4.97. The molecule has 1 aromatic rings. The Bertz CT molecular complexity index is 393. The first-order chi connectivity index (χ1) is 7.68. The molecule has 0 bridgehead atoms. The minimum atomic E-state index is 0. The van der Waals surface area contributed by atoms with Gasteiger partial charge >= 0.3 is 0 Å². The lowest BCUT2D eigenvalue weighted by atomic mass is 10.1. The van der Waals surface area contributed by atoms with Crippen LogP contribution in [0.15, 0.2) is 24.3 Å². The number of para-hydroxylation sites is 1. The van der Waals surface area contributed by atoms with E-state index < -0.39 is 0 Å². The zero-order valence-corrected chi connectivity index (χ0v) is 10.9. The lowest BCUT2D eigenvalue weighted by Gasteiger charge is -2.17. The molecule has 3 nitrogen and oxygen atoms in total. The number of hydrogen-bond acceptors (Lipinski definition) is 2. The molecule has 17 heavy (non-hydrogen) atoms. The number of fused-ring (bicyclic) bond motifs is 1. The fraction of sp³-hybridized carbons (Fsp3) is 0.462. The van der Waals surface area contributed by atoms with Crippen LogP contribution in [0.25, 0.3) is 0 Å². The molecule has 2 rings (SSSR count). The molecule has 1 atom stereocenters. The second-order valence-electron chi connectivity index (χ2n) is 4.44. The highest BCUT2D eigenvalue weighted by Crippen LogP contribution is 2.28. The van der Waals surface area contributed by atoms with Crippen molar-refractivity contribution >= 4 is 24.0 Å². The quantitative estimate of drug-likeness (QED) is 0.898. The van der Waals surface area contributed by atoms with Gasteiger partial charge in [-0.25, -0.2) is 0 Å². The minimum Gasteiger partial charge on any atom is -0.328 e. The predicted octanol–water partition coefficient (Wildman–Crippen LogP) is 2.12. The molecule has 94 valence electrons. The Labute approximate surface area is 108 Å². The van der Waals surface area contributed by atoms with Crippen molar-refractivity contribution in [1.29, 1.82) is 0 Å². The number of carbonyl (C=O) groups is 1. The van der Waals surface area contributed by atoms with Crippen LogP contribution in [-0.4, -0.2) is 18.5 Å². The highest BCUT2D eigenvalue weighted by Gasteiger charge is 2.23. The Morgan fingerprint density at radius 1 is 1.47 bits per heavy atom. The molecule has 1 aliphatic heterocycles. The summed E-state index contributed by atoms with van der Waals surface area (Å²) in [6.45, 7) is 2.75. The van der Waals surface area contributed by atoms with Gasteiger partial charge in [0.05, 0.1) is 0 Å². The average Bonchev–Trinajstić information content (AvgIpc) is 2.69. The maximum Gasteiger partial charge on any atom is 0.227 e. The summed E-state index contributed by atoms with van der Waals surface area (Å²) in [4.78, 5) is 13.9. The Balaban J connectivity index is 0.00000144. The van der Waals surface area contributed by atoms with Crippen LogP contribution >= 0.6 is 12.4 Å². The molecule has 2 N–H and O–H groups in total. The molecule has 1 amide bonds. The van der Waals surface area contributed by atoms with Crippen molar-refractivity contribution in [2.45, 2.75) is 32.2 Å². The number of hydrogen-bond donors (Lipinski definition) is 1. The number of anilines is 1. The van der Waals surface area contributed by atoms with Crippen molar-refractivity contribution in [3.63, 3.8) is 0 Å². The molecule has 1 unspecified atom stereocenters. The second kappa shape index (κ2) is 6.03. The maximum absolute atomic E-state index is 12.0. The summed E-state index contributed by atoms with van der Waals surface area (Å²) >= 11 is 0. The number of carbonyl (C=O) groups excluding carboxylic acids is 1. The van der Waals surface area contributed by atoms with E-state index in [0.29, 0.717) is 6.42 Å². The molecule has 0 radical (unpaired) electrons. The highest BCUT2D eigenvalue weighted by atomic mass is 35.5. The van der Waals surface area contributed by atoms with Crippen molar-refractivity contribution in [2.24, 2.45) is 5.73 Å². The molecule has 1 heterocycles. The molecule has 0 saturated carbocycles. The van der Waals surface area contributed by atoms with E-state index in [1.807, 2.05) is 30.0 Å². The second-order valence-corrected chi connectivity index (χ2v) is 4.44. The van der Waals surface area contributed by atoms with Gasteiger partial charge < -0.3 is 10.6 Å². The third-order valence-electron chi connectivity index (χ3n) is 3.00. The first-order valence-corrected chi connectivity index (χ1v) is 5.82. The van der Waals surface area contributed by atoms with Gasteiger partial charge in [-0.1, -0.05) is 18.2 Å². The van der Waals surface area contributed by atoms with Gasteiger partial charge in [-0.05, 0) is 31.4 Å². The van der Waals surface area contributed by atoms with E-state index in [1.54, 1.807) is 0 Å². The summed E-state index contributed by atoms with van der Waals surface area (Å²) in [7, 11) is 0. The third kappa shape index (κ3) is 3.20. The molecular formula is C13H19ClN2O. The minimum absolute atomic E-state index is 0. The molecule has 0 spiro atoms. The molecule has 0 aliphatic carbocycles. The smallest absolute Gasteiger partial charge is 0.227 e. The van der Waals surface area contributed by atoms with Gasteiger partial charge in [0.1, 0.15) is 0 Å². The molecule has 0 fully saturated rings. The average molecular weight is 255 g/mol. The maximum atomic E-state index is 12.0. The molecule has 0 aromatic heterocycles. The van der Waals surface area contributed by atoms with Crippen LogP contribution < -0.4 is 10.6 Å². The molecular weight excluding hydrogens is 236 g/mol. The predicted molar refractivity (Wildman–Crippen MR) is 72.6 cm³/mol. The highest BCUT2D eigenvalue weighted by molar-refractivity contribution is 5.95. The molecule has 0 saturated heterocycles. The van der Waals surface area contributed by atoms with Gasteiger partial charge in [0, 0.05) is 24.7 Å². The van der Waals surface area contributed by atoms with E-state index in [0.717, 1.165) is 25.1 Å². The lowest BCUT2D eigenvalue weighted by molar-refractivity contribution is -0.118. The Morgan fingerprint density at radius 2 is 2.18 bits per heavy atom. The van der Waals surface area contributed by atoms with Crippen LogP contribution in [0.4, 0.5) is 5.69 Å². The van der Waals surface area contributed by atoms with Crippen LogP contribution in [0.5, 0.6) is 0 Å². The fourth-order valence-corrected chi connectivity index (χ4v) is 2.08. The SMILES string of the molecule is CC(N)CCC(=O)N1CCc2ccccc21.Cl. The number of nitrogens with two attached hydrogens (primary N) is 1. The van der Waals surface area contributed by atoms with Gasteiger partial charge in [-0.3, -0.25) is 4.79 Å². The summed E-state index contributed by atoms with van der Waals surface area (Å²) < 4.78 is 0. The summed E-state index contributed by atoms with van der Waals surface area (Å²) in [6.07, 6.45) is 2.28. The van der Waals surface area contributed by atoms with Gasteiger partial charge in [0.25, 0.3) is 0 Å². The molecule has 1 aromatic carbocycles. The Hall–Kier alpha value is -1.06. The fourth-order valence-electron chi connectivity index (χ4n) is 2.08. The number of amides is 1. The monoisotopic (exact) mass is 254 g/mol. The van der Waals surface area contributed by atoms with E-state index in [2.05, 4.69) is 6.07 Å². The lowest BCUT2D eigenvalue weighted by Crippen LogP contribution is -2.30. The van der Waals surface area contributed by atoms with E-state index in [4.69, 9.17) is 5.73 Å². The largest absolute Gasteiger partial charge is 0.328 e. The molecule has 4 heteroatoms. The molecule has 1 aliphatic rings. The zero-order chi connectivity index (χ0) is 11.5. The van der Waals surface area contributed by atoms with Crippen molar-refractivity contribution in [3.8, 4) is 0 Å². The summed E-state index contributed by atoms with van der Waals surface area (Å²) in [5.41, 5.74) is 8.02. The number of halogens is 1. The third-order valence-corrected chi connectivity index (χ3v) is 3.00. The van der Waals surface area contributed by atoms with E-state index in [-0.39, 0.29) is 24.4 Å². The van der Waals surface area contributed by atoms with Crippen LogP contribution in [0, 0.1) is 0 Å². The van der Waals surface area contributed by atoms with Crippen LogP contribution in [0.1, 0.15) is 25.3 Å². The number of benzene rings is 1. The van der Waals surface area contributed by atoms with E-state index in [1.165, 1.54) is 5.56 Å². The zero-order valence-electron chi connectivity index (χ0n) is 10.1. The van der Waals surface area contributed by atoms with E-state index >= 15 is 0 Å². The van der Waals surface area contributed by atoms with Gasteiger partial charge in [0.2, 0.25) is 5.91 Å². The summed E-state index contributed by atoms with van der Waals surface area (Å²) in [5, 5.41) is 0. The van der Waals surface area contributed by atoms with Crippen LogP contribution in [0.3, 0.4) is 0 Å². The van der Waals surface area contributed by atoms with Gasteiger partial charge in [-0.2, -0.15) is 0 Å². The van der Waals surface area contributed by atoms with Crippen molar-refractivity contribution in [1.82, 2.24) is 0 Å². The van der Waals surface area contributed by atoms with Crippen molar-refractivity contribution in [2.75, 3.05) is 11.4 Å². The number of rotatable bonds is 3. The van der Waals surface area contributed by atoms with E-state index in [9.17, 15) is 4.79 Å². The van der Waals surface area contributed by atoms with Crippen LogP contribution in [0.2, 0.25) is 0 Å². The summed E-state index contributed by atoms with van der Waals surface area (Å²) in [6, 6.07) is 8.21. The summed E-state index contributed by atoms with van der Waals surface area (Å²) in [5.74, 6) is 0.197.